The molecule has 124 valence electrons. The van der Waals surface area contributed by atoms with Gasteiger partial charge >= 0.3 is 0 Å². The maximum absolute atomic E-state index is 12.8. The summed E-state index contributed by atoms with van der Waals surface area (Å²) in [4.78, 5) is 12.8. The quantitative estimate of drug-likeness (QED) is 0.919. The largest absolute Gasteiger partial charge is 0.496 e. The first-order valence-electron chi connectivity index (χ1n) is 9.09. The molecule has 1 unspecified atom stereocenters. The summed E-state index contributed by atoms with van der Waals surface area (Å²) in [5.74, 6) is 4.13. The Balaban J connectivity index is 1.47. The van der Waals surface area contributed by atoms with Gasteiger partial charge in [-0.05, 0) is 68.8 Å². The second-order valence-electron chi connectivity index (χ2n) is 7.93. The zero-order valence-electron chi connectivity index (χ0n) is 14.1. The van der Waals surface area contributed by atoms with Crippen molar-refractivity contribution >= 4 is 5.91 Å². The molecule has 4 aliphatic rings. The molecule has 1 aromatic carbocycles. The fraction of sp³-hybridized carbons (Fsp3) is 0.650. The second kappa shape index (κ2) is 5.85. The van der Waals surface area contributed by atoms with Crippen LogP contribution in [0.4, 0.5) is 0 Å². The van der Waals surface area contributed by atoms with Crippen molar-refractivity contribution in [1.82, 2.24) is 5.32 Å². The first-order chi connectivity index (χ1) is 11.2. The third-order valence-corrected chi connectivity index (χ3v) is 6.53. The van der Waals surface area contributed by atoms with Crippen molar-refractivity contribution in [1.29, 1.82) is 0 Å². The zero-order chi connectivity index (χ0) is 16.0. The lowest BCUT2D eigenvalue weighted by atomic mass is 9.54. The van der Waals surface area contributed by atoms with Gasteiger partial charge in [-0.15, -0.1) is 0 Å². The van der Waals surface area contributed by atoms with Gasteiger partial charge in [-0.3, -0.25) is 4.79 Å². The number of ether oxygens (including phenoxy) is 1. The molecule has 3 heteroatoms. The number of benzene rings is 1. The average Bonchev–Trinajstić information content (AvgIpc) is 2.56. The first kappa shape index (κ1) is 15.0. The van der Waals surface area contributed by atoms with Gasteiger partial charge in [-0.2, -0.15) is 0 Å². The van der Waals surface area contributed by atoms with Crippen molar-refractivity contribution in [3.63, 3.8) is 0 Å². The predicted octanol–water partition coefficient (Wildman–Crippen LogP) is 3.74. The Morgan fingerprint density at radius 2 is 1.70 bits per heavy atom. The lowest BCUT2D eigenvalue weighted by Crippen LogP contribution is -2.56. The molecule has 3 nitrogen and oxygen atoms in total. The van der Waals surface area contributed by atoms with Crippen molar-refractivity contribution < 1.29 is 9.53 Å². The van der Waals surface area contributed by atoms with E-state index in [2.05, 4.69) is 5.32 Å². The zero-order valence-corrected chi connectivity index (χ0v) is 14.1. The van der Waals surface area contributed by atoms with Gasteiger partial charge in [-0.25, -0.2) is 0 Å². The summed E-state index contributed by atoms with van der Waals surface area (Å²) in [7, 11) is 1.67. The highest BCUT2D eigenvalue weighted by molar-refractivity contribution is 5.84. The molecule has 23 heavy (non-hydrogen) atoms. The van der Waals surface area contributed by atoms with E-state index in [4.69, 9.17) is 4.74 Å². The molecule has 0 saturated heterocycles. The SMILES string of the molecule is COc1ccccc1C(C)C(=O)NC1C2CC3CC(C2)CC1C3. The molecule has 1 atom stereocenters. The van der Waals surface area contributed by atoms with Gasteiger partial charge < -0.3 is 10.1 Å². The molecule has 0 aromatic heterocycles. The highest BCUT2D eigenvalue weighted by Gasteiger charge is 2.48. The molecule has 0 radical (unpaired) electrons. The van der Waals surface area contributed by atoms with Gasteiger partial charge in [-0.1, -0.05) is 18.2 Å². The van der Waals surface area contributed by atoms with Crippen LogP contribution < -0.4 is 10.1 Å². The van der Waals surface area contributed by atoms with E-state index in [-0.39, 0.29) is 11.8 Å². The average molecular weight is 313 g/mol. The summed E-state index contributed by atoms with van der Waals surface area (Å²) in [6.07, 6.45) is 6.79. The molecule has 1 amide bonds. The lowest BCUT2D eigenvalue weighted by Gasteiger charge is -2.54. The van der Waals surface area contributed by atoms with Gasteiger partial charge in [0.05, 0.1) is 13.0 Å². The van der Waals surface area contributed by atoms with Crippen LogP contribution in [-0.4, -0.2) is 19.1 Å². The van der Waals surface area contributed by atoms with Crippen molar-refractivity contribution in [2.45, 2.75) is 51.0 Å². The molecule has 0 spiro atoms. The minimum Gasteiger partial charge on any atom is -0.496 e. The Morgan fingerprint density at radius 1 is 1.09 bits per heavy atom. The van der Waals surface area contributed by atoms with Crippen LogP contribution in [0.3, 0.4) is 0 Å². The van der Waals surface area contributed by atoms with Gasteiger partial charge in [0.15, 0.2) is 0 Å². The van der Waals surface area contributed by atoms with Crippen LogP contribution >= 0.6 is 0 Å². The molecule has 4 fully saturated rings. The maximum Gasteiger partial charge on any atom is 0.227 e. The van der Waals surface area contributed by atoms with Crippen LogP contribution in [0, 0.1) is 23.7 Å². The Kier molecular flexibility index (Phi) is 3.82. The molecule has 4 saturated carbocycles. The van der Waals surface area contributed by atoms with Gasteiger partial charge in [0.2, 0.25) is 5.91 Å². The van der Waals surface area contributed by atoms with Gasteiger partial charge in [0.1, 0.15) is 5.75 Å². The van der Waals surface area contributed by atoms with Crippen molar-refractivity contribution in [3.8, 4) is 5.75 Å². The lowest BCUT2D eigenvalue weighted by molar-refractivity contribution is -0.126. The number of methoxy groups -OCH3 is 1. The number of carbonyl (C=O) groups excluding carboxylic acids is 1. The number of carbonyl (C=O) groups is 1. The number of hydrogen-bond donors (Lipinski definition) is 1. The van der Waals surface area contributed by atoms with Gasteiger partial charge in [0.25, 0.3) is 0 Å². The summed E-state index contributed by atoms with van der Waals surface area (Å²) < 4.78 is 5.42. The van der Waals surface area contributed by atoms with E-state index in [1.165, 1.54) is 32.1 Å². The van der Waals surface area contributed by atoms with Crippen LogP contribution in [-0.2, 0) is 4.79 Å². The summed E-state index contributed by atoms with van der Waals surface area (Å²) in [6.45, 7) is 1.99. The molecule has 1 aromatic rings. The predicted molar refractivity (Wildman–Crippen MR) is 90.4 cm³/mol. The highest BCUT2D eigenvalue weighted by Crippen LogP contribution is 2.53. The Labute approximate surface area is 138 Å². The monoisotopic (exact) mass is 313 g/mol. The maximum atomic E-state index is 12.8. The van der Waals surface area contributed by atoms with Crippen LogP contribution in [0.25, 0.3) is 0 Å². The van der Waals surface area contributed by atoms with E-state index >= 15 is 0 Å². The number of hydrogen-bond acceptors (Lipinski definition) is 2. The summed E-state index contributed by atoms with van der Waals surface area (Å²) in [5.41, 5.74) is 0.983. The van der Waals surface area contributed by atoms with E-state index in [0.717, 1.165) is 35.0 Å². The van der Waals surface area contributed by atoms with Crippen LogP contribution in [0.1, 0.15) is 50.5 Å². The molecule has 0 heterocycles. The van der Waals surface area contributed by atoms with Crippen molar-refractivity contribution in [3.05, 3.63) is 29.8 Å². The minimum absolute atomic E-state index is 0.159. The molecule has 4 bridgehead atoms. The first-order valence-corrected chi connectivity index (χ1v) is 9.09. The van der Waals surface area contributed by atoms with E-state index in [1.807, 2.05) is 31.2 Å². The molecule has 1 N–H and O–H groups in total. The fourth-order valence-electron chi connectivity index (χ4n) is 5.62. The number of para-hydroxylation sites is 1. The third kappa shape index (κ3) is 2.64. The summed E-state index contributed by atoms with van der Waals surface area (Å²) in [5, 5.41) is 3.42. The fourth-order valence-corrected chi connectivity index (χ4v) is 5.62. The van der Waals surface area contributed by atoms with Gasteiger partial charge in [0, 0.05) is 11.6 Å². The standard InChI is InChI=1S/C20H27NO2/c1-12(17-5-3-4-6-18(17)23-2)20(22)21-19-15-8-13-7-14(10-15)11-16(19)9-13/h3-6,12-16,19H,7-11H2,1-2H3,(H,21,22). The van der Waals surface area contributed by atoms with Crippen molar-refractivity contribution in [2.24, 2.45) is 23.7 Å². The molecular weight excluding hydrogens is 286 g/mol. The Bertz CT molecular complexity index is 569. The van der Waals surface area contributed by atoms with E-state index < -0.39 is 0 Å². The minimum atomic E-state index is -0.164. The van der Waals surface area contributed by atoms with Crippen LogP contribution in [0.15, 0.2) is 24.3 Å². The second-order valence-corrected chi connectivity index (χ2v) is 7.93. The molecule has 4 aliphatic carbocycles. The molecule has 5 rings (SSSR count). The molecular formula is C20H27NO2. The number of amides is 1. The number of nitrogens with one attached hydrogen (secondary N) is 1. The highest BCUT2D eigenvalue weighted by atomic mass is 16.5. The van der Waals surface area contributed by atoms with Crippen molar-refractivity contribution in [2.75, 3.05) is 7.11 Å². The van der Waals surface area contributed by atoms with E-state index in [0.29, 0.717) is 6.04 Å². The Morgan fingerprint density at radius 3 is 2.30 bits per heavy atom. The number of rotatable bonds is 4. The molecule has 0 aliphatic heterocycles. The van der Waals surface area contributed by atoms with Crippen LogP contribution in [0.2, 0.25) is 0 Å². The topological polar surface area (TPSA) is 38.3 Å². The van der Waals surface area contributed by atoms with Crippen LogP contribution in [0.5, 0.6) is 5.75 Å². The summed E-state index contributed by atoms with van der Waals surface area (Å²) >= 11 is 0. The Hall–Kier alpha value is -1.51. The summed E-state index contributed by atoms with van der Waals surface area (Å²) in [6, 6.07) is 8.27. The third-order valence-electron chi connectivity index (χ3n) is 6.53. The normalized spacial score (nSPS) is 35.8. The smallest absolute Gasteiger partial charge is 0.227 e. The van der Waals surface area contributed by atoms with E-state index in [1.54, 1.807) is 7.11 Å². The van der Waals surface area contributed by atoms with E-state index in [9.17, 15) is 4.79 Å².